The maximum atomic E-state index is 13.0. The van der Waals surface area contributed by atoms with E-state index in [0.29, 0.717) is 84.4 Å². The van der Waals surface area contributed by atoms with Crippen molar-refractivity contribution >= 4 is 97.6 Å². The van der Waals surface area contributed by atoms with Crippen LogP contribution in [0.5, 0.6) is 0 Å². The van der Waals surface area contributed by atoms with E-state index in [2.05, 4.69) is 47.4 Å². The van der Waals surface area contributed by atoms with Gasteiger partial charge in [0, 0.05) is 106 Å². The maximum absolute atomic E-state index is 13.0. The van der Waals surface area contributed by atoms with Crippen LogP contribution in [0.1, 0.15) is 193 Å². The molecule has 0 aliphatic carbocycles. The van der Waals surface area contributed by atoms with E-state index in [9.17, 15) is 73.2 Å². The zero-order valence-corrected chi connectivity index (χ0v) is 79.7. The number of aliphatic hydroxyl groups is 4. The van der Waals surface area contributed by atoms with Crippen LogP contribution in [0.25, 0.3) is 11.0 Å². The van der Waals surface area contributed by atoms with E-state index < -0.39 is 54.6 Å². The molecule has 40 heteroatoms. The molecule has 3 aliphatic rings. The highest BCUT2D eigenvalue weighted by Crippen LogP contribution is 2.36. The van der Waals surface area contributed by atoms with Gasteiger partial charge in [0.1, 0.15) is 33.3 Å². The summed E-state index contributed by atoms with van der Waals surface area (Å²) in [7, 11) is 3.25. The average molecular weight is 1980 g/mol. The molecule has 0 unspecified atom stereocenters. The van der Waals surface area contributed by atoms with E-state index >= 15 is 0 Å². The van der Waals surface area contributed by atoms with Gasteiger partial charge in [0.2, 0.25) is 17.6 Å². The number of carbonyl (C=O) groups is 3. The summed E-state index contributed by atoms with van der Waals surface area (Å²) in [5, 5.41) is 89.4. The third kappa shape index (κ3) is 42.9. The van der Waals surface area contributed by atoms with Crippen LogP contribution < -0.4 is 46.1 Å². The average Bonchev–Trinajstić information content (AvgIpc) is 1.61. The van der Waals surface area contributed by atoms with Gasteiger partial charge in [-0.1, -0.05) is 48.0 Å². The molecule has 0 spiro atoms. The molecular weight excluding hydrogens is 1850 g/mol. The van der Waals surface area contributed by atoms with Crippen molar-refractivity contribution in [2.24, 2.45) is 0 Å². The van der Waals surface area contributed by atoms with Crippen molar-refractivity contribution in [3.05, 3.63) is 193 Å². The number of benzene rings is 6. The third-order valence-electron chi connectivity index (χ3n) is 18.2. The van der Waals surface area contributed by atoms with Gasteiger partial charge in [-0.15, -0.1) is 0 Å². The van der Waals surface area contributed by atoms with Gasteiger partial charge in [-0.3, -0.25) is 30.3 Å². The Kier molecular flexibility index (Phi) is 55.2. The number of nitrogen functional groups attached to an aromatic ring is 2. The lowest BCUT2D eigenvalue weighted by Crippen LogP contribution is -3.00. The standard InChI is InChI=1S/C20H30N4O3.C19H29N3O5.C19H31N3O3.C8H8FNO3.C8H8FNO2.C8H9F.C2H6O.CBrN.CHN.2CO2.HI/c1-13-9-14(12-25)10-16-17(13)24(18(21)22-16)15-7-5-6-8-23(11-15)19(26)27-20(2,3)4;1-13-9-14(12-23)10-16(22(25)26)17(13)20-15-7-5-6-8-21(11-15)18(24)27-19(2,3)4;1-13-9-14(12-23)10-16(20)17(13)21-15-7-5-6-8-22(11-15)18(24)25-19(2,3)4;1-5-2-6(4-11)3-7(8(5)9)10(12)13;1-5-3-6(2)8(9)7(4-5)10(11)12;1-6-3-4-8(9)7(2)5-6;1-3-2;2-1-3;1-2;2*2-1-3;/h9-10,15,25H,5-8,11-12H2,1-4H3,(H2,21,22);9-10,15,20,23H,5-8,11-12H2,1-4H3;9-10,15,21,23H,5-8,11-12,20H2,1-4H3;2-3,11H,4H2,1H3;3-4H,1-2H3;3-5H,1-2H3;1-2H3;;1H;;;1H/p-1/t3*15-;;;;;;;;;/m111........./s1. The van der Waals surface area contributed by atoms with Crippen molar-refractivity contribution in [2.45, 2.75) is 237 Å². The number of anilines is 4. The summed E-state index contributed by atoms with van der Waals surface area (Å²) in [5.41, 5.74) is 21.6. The van der Waals surface area contributed by atoms with Gasteiger partial charge in [0.25, 0.3) is 5.69 Å². The van der Waals surface area contributed by atoms with Crippen LogP contribution >= 0.6 is 15.9 Å². The van der Waals surface area contributed by atoms with E-state index in [4.69, 9.17) is 60.5 Å². The molecule has 7 aromatic rings. The number of aryl methyl sites for hydroxylation is 8. The minimum Gasteiger partial charge on any atom is -1.00 e. The number of nitro groups is 3. The molecule has 3 amide bonds. The van der Waals surface area contributed by atoms with E-state index in [1.807, 2.05) is 107 Å². The Hall–Kier alpha value is -11.5. The minimum absolute atomic E-state index is 0. The number of amides is 3. The zero-order chi connectivity index (χ0) is 97.6. The number of likely N-dealkylation sites (tertiary alicyclic amines) is 3. The molecular formula is C88H122BrF3IN14O21-. The fourth-order valence-electron chi connectivity index (χ4n) is 13.1. The number of aliphatic hydroxyl groups excluding tert-OH is 4. The van der Waals surface area contributed by atoms with Gasteiger partial charge < -0.3 is 105 Å². The fourth-order valence-corrected chi connectivity index (χ4v) is 13.1. The number of nitrogens with one attached hydrogen (secondary N) is 2. The van der Waals surface area contributed by atoms with Gasteiger partial charge >= 0.3 is 42.0 Å². The summed E-state index contributed by atoms with van der Waals surface area (Å²) in [4.78, 5) is 111. The minimum atomic E-state index is -0.845. The summed E-state index contributed by atoms with van der Waals surface area (Å²) in [6.07, 6.45) is 8.04. The maximum Gasteiger partial charge on any atom is 0.410 e. The molecule has 0 radical (unpaired) electrons. The molecule has 0 bridgehead atoms. The van der Waals surface area contributed by atoms with Crippen LogP contribution in [0.2, 0.25) is 0 Å². The van der Waals surface area contributed by atoms with E-state index in [-0.39, 0.29) is 116 Å². The first-order valence-corrected chi connectivity index (χ1v) is 40.8. The number of imidazole rings is 1. The van der Waals surface area contributed by atoms with Crippen LogP contribution in [-0.4, -0.2) is 172 Å². The Morgan fingerprint density at radius 1 is 0.523 bits per heavy atom. The number of nitriles is 2. The second-order valence-electron chi connectivity index (χ2n) is 32.4. The van der Waals surface area contributed by atoms with Crippen molar-refractivity contribution in [3.8, 4) is 11.6 Å². The Morgan fingerprint density at radius 3 is 1.24 bits per heavy atom. The molecule has 3 atom stereocenters. The van der Waals surface area contributed by atoms with Crippen LogP contribution in [0, 0.1) is 125 Å². The number of carbonyl (C=O) groups excluding carboxylic acids is 7. The molecule has 35 nitrogen and oxygen atoms in total. The number of nitrogens with zero attached hydrogens (tertiary/aromatic N) is 10. The van der Waals surface area contributed by atoms with Crippen LogP contribution in [0.4, 0.5) is 67.6 Å². The molecule has 1 aromatic heterocycles. The SMILES string of the molecule is C#N.COC.Cc1cc(C)c(F)c([N+](=O)[O-])c1.Cc1cc(CO)cc(N)c1N[C@@H]1CCCCN(C(=O)OC(C)(C)C)C1.Cc1cc(CO)cc([N+](=O)[O-])c1F.Cc1cc(CO)cc([N+](=O)[O-])c1N[C@@H]1CCCCN(C(=O)OC(C)(C)C)C1.Cc1cc(CO)cc2nc(N)n([C@@H]3CCCCN(C(=O)OC(C)(C)C)C3)c12.Cc1ccc(F)c(C)c1.N#CBr.O=C=O.O=C=O.[I-]. The number of ether oxygens (including phenoxy) is 4. The van der Waals surface area contributed by atoms with Crippen LogP contribution in [0.3, 0.4) is 0 Å². The van der Waals surface area contributed by atoms with E-state index in [1.165, 1.54) is 38.1 Å². The second-order valence-corrected chi connectivity index (χ2v) is 32.7. The van der Waals surface area contributed by atoms with Crippen molar-refractivity contribution in [1.29, 1.82) is 10.5 Å². The molecule has 128 heavy (non-hydrogen) atoms. The normalized spacial score (nSPS) is 14.3. The highest BCUT2D eigenvalue weighted by molar-refractivity contribution is 9.12. The molecule has 0 saturated carbocycles. The topological polar surface area (TPSA) is 518 Å². The second kappa shape index (κ2) is 59.6. The largest absolute Gasteiger partial charge is 1.00 e. The molecule has 10 N–H and O–H groups in total. The predicted octanol–water partition coefficient (Wildman–Crippen LogP) is 13.7. The number of aromatic nitrogens is 2. The van der Waals surface area contributed by atoms with Crippen molar-refractivity contribution in [1.82, 2.24) is 24.3 Å². The highest BCUT2D eigenvalue weighted by Gasteiger charge is 2.33. The Balaban J connectivity index is 0. The van der Waals surface area contributed by atoms with E-state index in [1.54, 1.807) is 78.9 Å². The van der Waals surface area contributed by atoms with Gasteiger partial charge in [-0.05, 0) is 255 Å². The van der Waals surface area contributed by atoms with Crippen LogP contribution in [-0.2, 0) is 64.6 Å². The fraction of sp³-hybridized carbons (Fsp3) is 0.500. The van der Waals surface area contributed by atoms with Gasteiger partial charge in [-0.2, -0.15) is 33.2 Å². The molecule has 4 heterocycles. The highest BCUT2D eigenvalue weighted by atomic mass is 127. The lowest BCUT2D eigenvalue weighted by atomic mass is 10.1. The molecule has 6 aromatic carbocycles. The number of hydrogen-bond donors (Lipinski definition) is 8. The first-order chi connectivity index (χ1) is 59.4. The zero-order valence-electron chi connectivity index (χ0n) is 76.0. The van der Waals surface area contributed by atoms with Crippen molar-refractivity contribution < 1.29 is 125 Å². The number of fused-ring (bicyclic) bond motifs is 1. The first-order valence-electron chi connectivity index (χ1n) is 40.0. The number of nitrogens with two attached hydrogens (primary N) is 2. The Labute approximate surface area is 770 Å². The molecule has 706 valence electrons. The summed E-state index contributed by atoms with van der Waals surface area (Å²) >= 11 is 2.45. The summed E-state index contributed by atoms with van der Waals surface area (Å²) in [5.74, 6) is -1.27. The van der Waals surface area contributed by atoms with E-state index in [0.717, 1.165) is 114 Å². The lowest BCUT2D eigenvalue weighted by Gasteiger charge is -2.29. The van der Waals surface area contributed by atoms with Crippen molar-refractivity contribution in [3.63, 3.8) is 0 Å². The monoisotopic (exact) mass is 1970 g/mol. The van der Waals surface area contributed by atoms with Crippen molar-refractivity contribution in [2.75, 3.05) is 75.6 Å². The summed E-state index contributed by atoms with van der Waals surface area (Å²) < 4.78 is 61.4. The molecule has 3 aliphatic heterocycles. The third-order valence-corrected chi connectivity index (χ3v) is 18.2. The number of halogens is 5. The van der Waals surface area contributed by atoms with Gasteiger partial charge in [-0.25, -0.2) is 29.0 Å². The molecule has 3 saturated heterocycles. The Bertz CT molecular complexity index is 4840. The predicted molar refractivity (Wildman–Crippen MR) is 475 cm³/mol. The first kappa shape index (κ1) is 119. The van der Waals surface area contributed by atoms with Gasteiger partial charge in [0.05, 0.1) is 69.6 Å². The lowest BCUT2D eigenvalue weighted by molar-refractivity contribution is -0.387. The number of hydrogen-bond acceptors (Lipinski definition) is 28. The summed E-state index contributed by atoms with van der Waals surface area (Å²) in [6, 6.07) is 21.0. The quantitative estimate of drug-likeness (QED) is 0.0185. The number of methoxy groups -OCH3 is 1. The number of nitro benzene ring substituents is 3. The van der Waals surface area contributed by atoms with Crippen LogP contribution in [0.15, 0.2) is 78.9 Å². The summed E-state index contributed by atoms with van der Waals surface area (Å²) in [6.45, 7) is 37.3. The number of rotatable bonds is 12. The van der Waals surface area contributed by atoms with Gasteiger partial charge in [0.15, 0.2) is 0 Å². The smallest absolute Gasteiger partial charge is 0.410 e. The molecule has 3 fully saturated rings. The molecule has 10 rings (SSSR count). The Morgan fingerprint density at radius 2 is 0.859 bits per heavy atom.